The van der Waals surface area contributed by atoms with Gasteiger partial charge < -0.3 is 0 Å². The van der Waals surface area contributed by atoms with Gasteiger partial charge in [0, 0.05) is 33.6 Å². The highest BCUT2D eigenvalue weighted by atomic mass is 35.5. The van der Waals surface area contributed by atoms with Crippen molar-refractivity contribution in [1.82, 2.24) is 20.8 Å². The van der Waals surface area contributed by atoms with Crippen molar-refractivity contribution in [2.24, 2.45) is 5.92 Å². The molecule has 1 saturated carbocycles. The second-order valence-corrected chi connectivity index (χ2v) is 9.18. The van der Waals surface area contributed by atoms with E-state index in [9.17, 15) is 9.59 Å². The summed E-state index contributed by atoms with van der Waals surface area (Å²) in [5.41, 5.74) is 9.42. The molecule has 8 heteroatoms. The van der Waals surface area contributed by atoms with E-state index in [-0.39, 0.29) is 23.7 Å². The van der Waals surface area contributed by atoms with Gasteiger partial charge in [0.05, 0.1) is 0 Å². The zero-order valence-corrected chi connectivity index (χ0v) is 19.3. The lowest BCUT2D eigenvalue weighted by Crippen LogP contribution is -2.42. The fourth-order valence-corrected chi connectivity index (χ4v) is 4.73. The van der Waals surface area contributed by atoms with Crippen LogP contribution in [0.5, 0.6) is 0 Å². The normalized spacial score (nSPS) is 17.0. The lowest BCUT2D eigenvalue weighted by atomic mass is 10.1. The average molecular weight is 467 g/mol. The van der Waals surface area contributed by atoms with Gasteiger partial charge in [0.25, 0.3) is 5.91 Å². The maximum absolute atomic E-state index is 12.4. The first kappa shape index (κ1) is 22.3. The number of benzene rings is 2. The van der Waals surface area contributed by atoms with Crippen LogP contribution in [-0.4, -0.2) is 21.8 Å². The molecule has 1 aromatic heterocycles. The summed E-state index contributed by atoms with van der Waals surface area (Å²) in [6.45, 7) is 3.90. The van der Waals surface area contributed by atoms with Gasteiger partial charge in [-0.15, -0.1) is 0 Å². The van der Waals surface area contributed by atoms with Crippen molar-refractivity contribution in [3.63, 3.8) is 0 Å². The molecule has 2 aromatic carbocycles. The van der Waals surface area contributed by atoms with Gasteiger partial charge in [-0.2, -0.15) is 0 Å². The van der Waals surface area contributed by atoms with Crippen molar-refractivity contribution in [2.75, 3.05) is 0 Å². The number of hydrazine groups is 1. The maximum atomic E-state index is 12.4. The highest BCUT2D eigenvalue weighted by Gasteiger charge is 2.44. The van der Waals surface area contributed by atoms with E-state index in [2.05, 4.69) is 20.8 Å². The van der Waals surface area contributed by atoms with Crippen molar-refractivity contribution >= 4 is 35.2 Å². The van der Waals surface area contributed by atoms with Crippen LogP contribution in [0.1, 0.15) is 45.2 Å². The summed E-state index contributed by atoms with van der Waals surface area (Å²) < 4.78 is 0. The number of halogens is 1. The molecule has 2 amide bonds. The molecule has 6 nitrogen and oxygen atoms in total. The molecule has 2 unspecified atom stereocenters. The van der Waals surface area contributed by atoms with Crippen LogP contribution in [0.15, 0.2) is 59.8 Å². The quantitative estimate of drug-likeness (QED) is 0.315. The van der Waals surface area contributed by atoms with Gasteiger partial charge >= 0.3 is 0 Å². The third-order valence-electron chi connectivity index (χ3n) is 5.28. The Kier molecular flexibility index (Phi) is 6.77. The van der Waals surface area contributed by atoms with Crippen LogP contribution in [0.2, 0.25) is 5.02 Å². The van der Waals surface area contributed by atoms with Crippen molar-refractivity contribution < 1.29 is 9.59 Å². The fraction of sp³-hybridized carbons (Fsp3) is 0.250. The SMILES string of the molecule is Cc1cc(C)nc(SCc2ccc(C(=O)NNC(=O)C3CC3c3ccccc3Cl)cc2)n1. The molecule has 1 aliphatic carbocycles. The largest absolute Gasteiger partial charge is 0.273 e. The summed E-state index contributed by atoms with van der Waals surface area (Å²) in [4.78, 5) is 33.6. The number of hydrogen-bond donors (Lipinski definition) is 2. The van der Waals surface area contributed by atoms with Gasteiger partial charge in [-0.25, -0.2) is 9.97 Å². The summed E-state index contributed by atoms with van der Waals surface area (Å²) in [7, 11) is 0. The Bertz CT molecular complexity index is 1130. The molecule has 32 heavy (non-hydrogen) atoms. The Morgan fingerprint density at radius 1 is 1.03 bits per heavy atom. The van der Waals surface area contributed by atoms with E-state index in [4.69, 9.17) is 11.6 Å². The summed E-state index contributed by atoms with van der Waals surface area (Å²) in [5, 5.41) is 1.40. The molecule has 0 spiro atoms. The number of nitrogens with zero attached hydrogens (tertiary/aromatic N) is 2. The molecule has 0 aliphatic heterocycles. The van der Waals surface area contributed by atoms with Gasteiger partial charge in [0.15, 0.2) is 5.16 Å². The molecule has 0 saturated heterocycles. The molecule has 1 aliphatic rings. The van der Waals surface area contributed by atoms with Gasteiger partial charge in [-0.05, 0) is 61.6 Å². The number of hydrogen-bond acceptors (Lipinski definition) is 5. The molecule has 164 valence electrons. The van der Waals surface area contributed by atoms with E-state index in [0.717, 1.165) is 34.1 Å². The minimum Gasteiger partial charge on any atom is -0.273 e. The highest BCUT2D eigenvalue weighted by molar-refractivity contribution is 7.98. The van der Waals surface area contributed by atoms with Crippen LogP contribution in [0.25, 0.3) is 0 Å². The Labute approximate surface area is 196 Å². The zero-order chi connectivity index (χ0) is 22.7. The van der Waals surface area contributed by atoms with Gasteiger partial charge in [-0.1, -0.05) is 53.7 Å². The first-order chi connectivity index (χ1) is 15.4. The minimum atomic E-state index is -0.356. The molecular weight excluding hydrogens is 444 g/mol. The number of nitrogens with one attached hydrogen (secondary N) is 2. The van der Waals surface area contributed by atoms with Crippen LogP contribution in [0.4, 0.5) is 0 Å². The Morgan fingerprint density at radius 2 is 1.72 bits per heavy atom. The summed E-state index contributed by atoms with van der Waals surface area (Å²) >= 11 is 7.76. The van der Waals surface area contributed by atoms with E-state index >= 15 is 0 Å². The molecule has 1 fully saturated rings. The Hall–Kier alpha value is -2.90. The molecule has 4 rings (SSSR count). The lowest BCUT2D eigenvalue weighted by molar-refractivity contribution is -0.123. The monoisotopic (exact) mass is 466 g/mol. The molecule has 3 aromatic rings. The van der Waals surface area contributed by atoms with Crippen molar-refractivity contribution in [1.29, 1.82) is 0 Å². The van der Waals surface area contributed by atoms with E-state index < -0.39 is 0 Å². The second kappa shape index (κ2) is 9.71. The first-order valence-corrected chi connectivity index (χ1v) is 11.7. The minimum absolute atomic E-state index is 0.0959. The maximum Gasteiger partial charge on any atom is 0.269 e. The molecule has 2 atom stereocenters. The molecular formula is C24H23ClN4O2S. The number of amides is 2. The fourth-order valence-electron chi connectivity index (χ4n) is 3.55. The predicted octanol–water partition coefficient (Wildman–Crippen LogP) is 4.60. The van der Waals surface area contributed by atoms with Crippen molar-refractivity contribution in [3.8, 4) is 0 Å². The van der Waals surface area contributed by atoms with Gasteiger partial charge in [0.2, 0.25) is 5.91 Å². The topological polar surface area (TPSA) is 84.0 Å². The zero-order valence-electron chi connectivity index (χ0n) is 17.8. The standard InChI is InChI=1S/C24H23ClN4O2S/c1-14-11-15(2)27-24(26-14)32-13-16-7-9-17(10-8-16)22(30)28-29-23(31)20-12-19(20)18-5-3-4-6-21(18)25/h3-11,19-20H,12-13H2,1-2H3,(H,28,30)(H,29,31). The first-order valence-electron chi connectivity index (χ1n) is 10.3. The summed E-state index contributed by atoms with van der Waals surface area (Å²) in [6, 6.07) is 16.7. The highest BCUT2D eigenvalue weighted by Crippen LogP contribution is 2.49. The Morgan fingerprint density at radius 3 is 2.41 bits per heavy atom. The van der Waals surface area contributed by atoms with Crippen molar-refractivity contribution in [2.45, 2.75) is 37.1 Å². The smallest absolute Gasteiger partial charge is 0.269 e. The Balaban J connectivity index is 1.26. The predicted molar refractivity (Wildman–Crippen MR) is 125 cm³/mol. The average Bonchev–Trinajstić information content (AvgIpc) is 3.57. The second-order valence-electron chi connectivity index (χ2n) is 7.83. The third kappa shape index (κ3) is 5.47. The van der Waals surface area contributed by atoms with Gasteiger partial charge in [0.1, 0.15) is 0 Å². The number of aromatic nitrogens is 2. The summed E-state index contributed by atoms with van der Waals surface area (Å²) in [5.74, 6) is 0.0580. The van der Waals surface area contributed by atoms with Crippen LogP contribution in [0.3, 0.4) is 0 Å². The van der Waals surface area contributed by atoms with E-state index in [0.29, 0.717) is 16.3 Å². The van der Waals surface area contributed by atoms with E-state index in [1.165, 1.54) is 0 Å². The van der Waals surface area contributed by atoms with Crippen LogP contribution < -0.4 is 10.9 Å². The van der Waals surface area contributed by atoms with Crippen LogP contribution in [0, 0.1) is 19.8 Å². The number of carbonyl (C=O) groups excluding carboxylic acids is 2. The van der Waals surface area contributed by atoms with Crippen molar-refractivity contribution in [3.05, 3.63) is 87.7 Å². The van der Waals surface area contributed by atoms with E-state index in [1.54, 1.807) is 23.9 Å². The molecule has 0 radical (unpaired) electrons. The van der Waals surface area contributed by atoms with Gasteiger partial charge in [-0.3, -0.25) is 20.4 Å². The van der Waals surface area contributed by atoms with Crippen LogP contribution >= 0.6 is 23.4 Å². The van der Waals surface area contributed by atoms with E-state index in [1.807, 2.05) is 56.3 Å². The lowest BCUT2D eigenvalue weighted by Gasteiger charge is -2.08. The molecule has 0 bridgehead atoms. The molecule has 2 N–H and O–H groups in total. The summed E-state index contributed by atoms with van der Waals surface area (Å²) in [6.07, 6.45) is 0.724. The number of thioether (sulfide) groups is 1. The number of carbonyl (C=O) groups is 2. The molecule has 1 heterocycles. The number of rotatable bonds is 6. The van der Waals surface area contributed by atoms with Crippen LogP contribution in [-0.2, 0) is 10.5 Å². The number of aryl methyl sites for hydroxylation is 2. The third-order valence-corrected chi connectivity index (χ3v) is 6.54.